The summed E-state index contributed by atoms with van der Waals surface area (Å²) >= 11 is 0. The topological polar surface area (TPSA) is 110 Å². The normalized spacial score (nSPS) is 9.94. The lowest BCUT2D eigenvalue weighted by molar-refractivity contribution is -0.385. The molecule has 1 aromatic rings. The first-order chi connectivity index (χ1) is 7.95. The standard InChI is InChI=1S/C10H11NO6/c1-17-8-5-7(11(15)16)4-6(10(8)14)2-3-9(12)13/h4-5,14H,2-3H2,1H3,(H,12,13). The quantitative estimate of drug-likeness (QED) is 0.594. The van der Waals surface area contributed by atoms with Gasteiger partial charge in [0.1, 0.15) is 0 Å². The van der Waals surface area contributed by atoms with Gasteiger partial charge in [-0.2, -0.15) is 0 Å². The van der Waals surface area contributed by atoms with E-state index in [1.165, 1.54) is 7.11 Å². The van der Waals surface area contributed by atoms with E-state index in [2.05, 4.69) is 0 Å². The van der Waals surface area contributed by atoms with Crippen molar-refractivity contribution in [2.75, 3.05) is 7.11 Å². The number of aliphatic carboxylic acids is 1. The Balaban J connectivity index is 3.13. The van der Waals surface area contributed by atoms with Crippen molar-refractivity contribution in [2.24, 2.45) is 0 Å². The number of nitro benzene ring substituents is 1. The van der Waals surface area contributed by atoms with E-state index < -0.39 is 10.9 Å². The van der Waals surface area contributed by atoms with E-state index in [-0.39, 0.29) is 35.6 Å². The number of carbonyl (C=O) groups is 1. The number of ether oxygens (including phenoxy) is 1. The van der Waals surface area contributed by atoms with Crippen LogP contribution >= 0.6 is 0 Å². The Bertz CT molecular complexity index is 456. The molecule has 0 radical (unpaired) electrons. The lowest BCUT2D eigenvalue weighted by atomic mass is 10.1. The van der Waals surface area contributed by atoms with Crippen LogP contribution in [0.25, 0.3) is 0 Å². The smallest absolute Gasteiger partial charge is 0.303 e. The number of nitro groups is 1. The molecule has 0 aliphatic rings. The summed E-state index contributed by atoms with van der Waals surface area (Å²) in [6.07, 6.45) is -0.225. The molecule has 1 rings (SSSR count). The van der Waals surface area contributed by atoms with Crippen LogP contribution in [0.3, 0.4) is 0 Å². The monoisotopic (exact) mass is 241 g/mol. The molecule has 7 heteroatoms. The predicted octanol–water partition coefficient (Wildman–Crippen LogP) is 1.33. The average Bonchev–Trinajstić information content (AvgIpc) is 2.27. The number of non-ortho nitro benzene ring substituents is 1. The van der Waals surface area contributed by atoms with Crippen molar-refractivity contribution in [3.8, 4) is 11.5 Å². The summed E-state index contributed by atoms with van der Waals surface area (Å²) in [5, 5.41) is 28.8. The van der Waals surface area contributed by atoms with Crippen molar-refractivity contribution in [1.82, 2.24) is 0 Å². The molecule has 0 aliphatic carbocycles. The minimum Gasteiger partial charge on any atom is -0.504 e. The second-order valence-electron chi connectivity index (χ2n) is 3.31. The maximum Gasteiger partial charge on any atom is 0.303 e. The lowest BCUT2D eigenvalue weighted by Gasteiger charge is -2.08. The van der Waals surface area contributed by atoms with Gasteiger partial charge in [-0.05, 0) is 6.42 Å². The zero-order valence-electron chi connectivity index (χ0n) is 9.04. The third-order valence-corrected chi connectivity index (χ3v) is 2.18. The third-order valence-electron chi connectivity index (χ3n) is 2.18. The van der Waals surface area contributed by atoms with E-state index in [0.29, 0.717) is 0 Å². The van der Waals surface area contributed by atoms with Gasteiger partial charge in [-0.15, -0.1) is 0 Å². The summed E-state index contributed by atoms with van der Waals surface area (Å²) in [7, 11) is 1.26. The highest BCUT2D eigenvalue weighted by Gasteiger charge is 2.17. The molecule has 92 valence electrons. The second kappa shape index (κ2) is 5.15. The number of phenols is 1. The molecule has 0 amide bonds. The van der Waals surface area contributed by atoms with Crippen LogP contribution in [-0.2, 0) is 11.2 Å². The number of aromatic hydroxyl groups is 1. The summed E-state index contributed by atoms with van der Waals surface area (Å²) in [6, 6.07) is 2.22. The number of hydrogen-bond acceptors (Lipinski definition) is 5. The van der Waals surface area contributed by atoms with Crippen LogP contribution in [0.15, 0.2) is 12.1 Å². The number of carboxylic acid groups (broad SMARTS) is 1. The van der Waals surface area contributed by atoms with Crippen LogP contribution in [0.2, 0.25) is 0 Å². The van der Waals surface area contributed by atoms with Crippen molar-refractivity contribution in [2.45, 2.75) is 12.8 Å². The molecule has 17 heavy (non-hydrogen) atoms. The van der Waals surface area contributed by atoms with E-state index >= 15 is 0 Å². The molecular formula is C10H11NO6. The predicted molar refractivity (Wildman–Crippen MR) is 57.3 cm³/mol. The second-order valence-corrected chi connectivity index (χ2v) is 3.31. The van der Waals surface area contributed by atoms with Gasteiger partial charge < -0.3 is 14.9 Å². The minimum absolute atomic E-state index is 0.000787. The number of hydrogen-bond donors (Lipinski definition) is 2. The molecular weight excluding hydrogens is 230 g/mol. The van der Waals surface area contributed by atoms with E-state index in [1.54, 1.807) is 0 Å². The Kier molecular flexibility index (Phi) is 3.86. The zero-order valence-corrected chi connectivity index (χ0v) is 9.04. The molecule has 0 unspecified atom stereocenters. The highest BCUT2D eigenvalue weighted by Crippen LogP contribution is 2.35. The first-order valence-electron chi connectivity index (χ1n) is 4.71. The molecule has 7 nitrogen and oxygen atoms in total. The number of aryl methyl sites for hydroxylation is 1. The van der Waals surface area contributed by atoms with Gasteiger partial charge in [0.25, 0.3) is 5.69 Å². The van der Waals surface area contributed by atoms with Gasteiger partial charge in [0, 0.05) is 18.1 Å². The van der Waals surface area contributed by atoms with Gasteiger partial charge in [0.15, 0.2) is 11.5 Å². The van der Waals surface area contributed by atoms with Crippen LogP contribution in [0.5, 0.6) is 11.5 Å². The lowest BCUT2D eigenvalue weighted by Crippen LogP contribution is -2.00. The first-order valence-corrected chi connectivity index (χ1v) is 4.71. The van der Waals surface area contributed by atoms with Gasteiger partial charge in [0.05, 0.1) is 18.1 Å². The third kappa shape index (κ3) is 3.07. The molecule has 0 aliphatic heterocycles. The van der Waals surface area contributed by atoms with Crippen LogP contribution in [0, 0.1) is 10.1 Å². The number of phenolic OH excluding ortho intramolecular Hbond substituents is 1. The summed E-state index contributed by atoms with van der Waals surface area (Å²) in [5.41, 5.74) is -0.0708. The Hall–Kier alpha value is -2.31. The molecule has 0 atom stereocenters. The molecule has 0 saturated heterocycles. The van der Waals surface area contributed by atoms with Crippen LogP contribution in [0.1, 0.15) is 12.0 Å². The van der Waals surface area contributed by atoms with Crippen LogP contribution in [-0.4, -0.2) is 28.2 Å². The fourth-order valence-corrected chi connectivity index (χ4v) is 1.34. The van der Waals surface area contributed by atoms with Gasteiger partial charge in [-0.1, -0.05) is 0 Å². The Labute approximate surface area is 96.4 Å². The SMILES string of the molecule is COc1cc([N+](=O)[O-])cc(CCC(=O)O)c1O. The summed E-state index contributed by atoms with van der Waals surface area (Å²) in [4.78, 5) is 20.4. The minimum atomic E-state index is -1.05. The van der Waals surface area contributed by atoms with Gasteiger partial charge in [-0.25, -0.2) is 0 Å². The van der Waals surface area contributed by atoms with Crippen molar-refractivity contribution in [3.63, 3.8) is 0 Å². The molecule has 0 aromatic heterocycles. The van der Waals surface area contributed by atoms with Gasteiger partial charge >= 0.3 is 5.97 Å². The molecule has 0 bridgehead atoms. The maximum absolute atomic E-state index is 10.6. The fraction of sp³-hybridized carbons (Fsp3) is 0.300. The van der Waals surface area contributed by atoms with Crippen molar-refractivity contribution < 1.29 is 24.7 Å². The Morgan fingerprint density at radius 1 is 1.53 bits per heavy atom. The first kappa shape index (κ1) is 12.8. The fourth-order valence-electron chi connectivity index (χ4n) is 1.34. The van der Waals surface area contributed by atoms with Crippen molar-refractivity contribution in [1.29, 1.82) is 0 Å². The van der Waals surface area contributed by atoms with Crippen LogP contribution < -0.4 is 4.74 Å². The van der Waals surface area contributed by atoms with Crippen molar-refractivity contribution >= 4 is 11.7 Å². The van der Waals surface area contributed by atoms with Gasteiger partial charge in [-0.3, -0.25) is 14.9 Å². The summed E-state index contributed by atoms with van der Waals surface area (Å²) < 4.78 is 4.78. The zero-order chi connectivity index (χ0) is 13.0. The molecule has 0 fully saturated rings. The maximum atomic E-state index is 10.6. The number of nitrogens with zero attached hydrogens (tertiary/aromatic N) is 1. The van der Waals surface area contributed by atoms with E-state index in [0.717, 1.165) is 12.1 Å². The number of rotatable bonds is 5. The van der Waals surface area contributed by atoms with Gasteiger partial charge in [0.2, 0.25) is 0 Å². The molecule has 2 N–H and O–H groups in total. The number of carboxylic acids is 1. The van der Waals surface area contributed by atoms with E-state index in [9.17, 15) is 20.0 Å². The van der Waals surface area contributed by atoms with E-state index in [1.807, 2.05) is 0 Å². The van der Waals surface area contributed by atoms with Crippen LogP contribution in [0.4, 0.5) is 5.69 Å². The largest absolute Gasteiger partial charge is 0.504 e. The Morgan fingerprint density at radius 2 is 2.18 bits per heavy atom. The van der Waals surface area contributed by atoms with Crippen molar-refractivity contribution in [3.05, 3.63) is 27.8 Å². The number of methoxy groups -OCH3 is 1. The summed E-state index contributed by atoms with van der Waals surface area (Å²) in [5.74, 6) is -1.35. The van der Waals surface area contributed by atoms with E-state index in [4.69, 9.17) is 9.84 Å². The average molecular weight is 241 g/mol. The molecule has 0 heterocycles. The number of benzene rings is 1. The molecule has 0 saturated carbocycles. The molecule has 1 aromatic carbocycles. The molecule has 0 spiro atoms. The highest BCUT2D eigenvalue weighted by molar-refractivity contribution is 5.67. The Morgan fingerprint density at radius 3 is 2.65 bits per heavy atom. The highest BCUT2D eigenvalue weighted by atomic mass is 16.6. The summed E-state index contributed by atoms with van der Waals surface area (Å²) in [6.45, 7) is 0.